The molecule has 0 saturated carbocycles. The van der Waals surface area contributed by atoms with Gasteiger partial charge < -0.3 is 20.7 Å². The maximum atomic E-state index is 13.5. The number of ether oxygens (including phenoxy) is 1. The topological polar surface area (TPSA) is 96.5 Å². The molecule has 3 amide bonds. The molecular formula is C33H30ClN3O4S. The molecule has 42 heavy (non-hydrogen) atoms. The van der Waals surface area contributed by atoms with E-state index in [4.69, 9.17) is 16.3 Å². The van der Waals surface area contributed by atoms with Crippen LogP contribution in [0.4, 0.5) is 11.4 Å². The van der Waals surface area contributed by atoms with Crippen molar-refractivity contribution in [2.45, 2.75) is 23.5 Å². The van der Waals surface area contributed by atoms with Gasteiger partial charge in [0.25, 0.3) is 11.8 Å². The fourth-order valence-corrected chi connectivity index (χ4v) is 5.11. The molecular weight excluding hydrogens is 570 g/mol. The highest BCUT2D eigenvalue weighted by Gasteiger charge is 2.20. The second-order valence-corrected chi connectivity index (χ2v) is 10.8. The van der Waals surface area contributed by atoms with Crippen LogP contribution in [0.3, 0.4) is 0 Å². The van der Waals surface area contributed by atoms with Crippen LogP contribution in [0.1, 0.15) is 29.3 Å². The van der Waals surface area contributed by atoms with E-state index in [-0.39, 0.29) is 16.9 Å². The van der Waals surface area contributed by atoms with E-state index < -0.39 is 11.8 Å². The Kier molecular flexibility index (Phi) is 10.8. The second-order valence-electron chi connectivity index (χ2n) is 9.11. The quantitative estimate of drug-likeness (QED) is 0.124. The van der Waals surface area contributed by atoms with Gasteiger partial charge in [0, 0.05) is 32.4 Å². The molecule has 4 aromatic carbocycles. The van der Waals surface area contributed by atoms with Crippen LogP contribution in [-0.2, 0) is 9.59 Å². The first kappa shape index (κ1) is 30.4. The third-order valence-corrected chi connectivity index (χ3v) is 7.72. The third-order valence-electron chi connectivity index (χ3n) is 6.11. The van der Waals surface area contributed by atoms with Gasteiger partial charge in [0.1, 0.15) is 11.4 Å². The van der Waals surface area contributed by atoms with Gasteiger partial charge in [0.05, 0.1) is 12.4 Å². The first-order valence-corrected chi connectivity index (χ1v) is 14.5. The van der Waals surface area contributed by atoms with Crippen LogP contribution in [0.5, 0.6) is 5.75 Å². The van der Waals surface area contributed by atoms with Crippen LogP contribution in [0, 0.1) is 0 Å². The molecule has 3 N–H and O–H groups in total. The van der Waals surface area contributed by atoms with Gasteiger partial charge in [-0.1, -0.05) is 61.0 Å². The molecule has 7 nitrogen and oxygen atoms in total. The Bertz CT molecular complexity index is 1580. The molecule has 1 unspecified atom stereocenters. The van der Waals surface area contributed by atoms with Gasteiger partial charge in [-0.15, -0.1) is 11.8 Å². The van der Waals surface area contributed by atoms with Crippen molar-refractivity contribution in [2.75, 3.05) is 17.7 Å². The van der Waals surface area contributed by atoms with Crippen LogP contribution >= 0.6 is 23.4 Å². The Morgan fingerprint density at radius 3 is 2.29 bits per heavy atom. The highest BCUT2D eigenvalue weighted by molar-refractivity contribution is 8.00. The number of benzene rings is 4. The maximum absolute atomic E-state index is 13.5. The number of halogens is 1. The van der Waals surface area contributed by atoms with Crippen molar-refractivity contribution in [2.24, 2.45) is 0 Å². The summed E-state index contributed by atoms with van der Waals surface area (Å²) >= 11 is 7.34. The summed E-state index contributed by atoms with van der Waals surface area (Å²) in [6.07, 6.45) is 2.17. The van der Waals surface area contributed by atoms with Crippen molar-refractivity contribution < 1.29 is 19.1 Å². The highest BCUT2D eigenvalue weighted by Crippen LogP contribution is 2.29. The van der Waals surface area contributed by atoms with Gasteiger partial charge in [-0.3, -0.25) is 14.4 Å². The minimum Gasteiger partial charge on any atom is -0.496 e. The zero-order valence-corrected chi connectivity index (χ0v) is 24.7. The van der Waals surface area contributed by atoms with Crippen LogP contribution < -0.4 is 20.7 Å². The zero-order valence-electron chi connectivity index (χ0n) is 23.1. The van der Waals surface area contributed by atoms with E-state index in [0.29, 0.717) is 39.7 Å². The lowest BCUT2D eigenvalue weighted by atomic mass is 10.1. The molecule has 214 valence electrons. The van der Waals surface area contributed by atoms with E-state index >= 15 is 0 Å². The van der Waals surface area contributed by atoms with E-state index in [0.717, 1.165) is 4.90 Å². The van der Waals surface area contributed by atoms with Gasteiger partial charge in [-0.05, 0) is 73.2 Å². The summed E-state index contributed by atoms with van der Waals surface area (Å²) in [4.78, 5) is 40.2. The first-order valence-electron chi connectivity index (χ1n) is 13.2. The summed E-state index contributed by atoms with van der Waals surface area (Å²) in [5.41, 5.74) is 2.26. The molecule has 0 fully saturated rings. The molecule has 4 aromatic rings. The molecule has 4 rings (SSSR count). The van der Waals surface area contributed by atoms with Crippen molar-refractivity contribution in [3.63, 3.8) is 0 Å². The van der Waals surface area contributed by atoms with Crippen molar-refractivity contribution in [1.29, 1.82) is 0 Å². The molecule has 0 saturated heterocycles. The lowest BCUT2D eigenvalue weighted by Gasteiger charge is -2.16. The van der Waals surface area contributed by atoms with Gasteiger partial charge in [-0.25, -0.2) is 0 Å². The molecule has 9 heteroatoms. The van der Waals surface area contributed by atoms with Crippen molar-refractivity contribution >= 4 is 58.5 Å². The summed E-state index contributed by atoms with van der Waals surface area (Å²) < 4.78 is 5.43. The molecule has 0 bridgehead atoms. The number of carbonyl (C=O) groups excluding carboxylic acids is 3. The van der Waals surface area contributed by atoms with Gasteiger partial charge in [0.2, 0.25) is 5.91 Å². The largest absolute Gasteiger partial charge is 0.496 e. The van der Waals surface area contributed by atoms with Gasteiger partial charge in [-0.2, -0.15) is 0 Å². The Labute approximate surface area is 254 Å². The van der Waals surface area contributed by atoms with Crippen LogP contribution in [0.15, 0.2) is 114 Å². The SMILES string of the molecule is CCC(Sc1cccc(NC(=O)/C(=C\c2ccccc2OC)NC(=O)c2ccccc2)c1)C(=O)Nc1ccc(Cl)cc1. The lowest BCUT2D eigenvalue weighted by Crippen LogP contribution is -2.30. The van der Waals surface area contributed by atoms with E-state index in [9.17, 15) is 14.4 Å². The summed E-state index contributed by atoms with van der Waals surface area (Å²) in [6, 6.07) is 30.0. The smallest absolute Gasteiger partial charge is 0.272 e. The minimum atomic E-state index is -0.514. The van der Waals surface area contributed by atoms with Crippen LogP contribution in [-0.4, -0.2) is 30.1 Å². The fourth-order valence-electron chi connectivity index (χ4n) is 3.97. The number of rotatable bonds is 11. The molecule has 0 heterocycles. The highest BCUT2D eigenvalue weighted by atomic mass is 35.5. The molecule has 0 spiro atoms. The molecule has 1 atom stereocenters. The Morgan fingerprint density at radius 2 is 1.57 bits per heavy atom. The normalized spacial score (nSPS) is 11.7. The van der Waals surface area contributed by atoms with Crippen molar-refractivity contribution in [3.8, 4) is 5.75 Å². The average Bonchev–Trinajstić information content (AvgIpc) is 3.01. The number of thioether (sulfide) groups is 1. The Balaban J connectivity index is 1.52. The summed E-state index contributed by atoms with van der Waals surface area (Å²) in [5, 5.41) is 8.76. The fraction of sp³-hybridized carbons (Fsp3) is 0.121. The predicted octanol–water partition coefficient (Wildman–Crippen LogP) is 7.27. The van der Waals surface area contributed by atoms with E-state index in [1.165, 1.54) is 18.9 Å². The minimum absolute atomic E-state index is 0.0418. The first-order chi connectivity index (χ1) is 20.4. The number of amides is 3. The molecule has 0 aliphatic carbocycles. The molecule has 0 aromatic heterocycles. The molecule has 0 aliphatic heterocycles. The van der Waals surface area contributed by atoms with Crippen LogP contribution in [0.25, 0.3) is 6.08 Å². The zero-order chi connectivity index (χ0) is 29.9. The number of hydrogen-bond donors (Lipinski definition) is 3. The van der Waals surface area contributed by atoms with Crippen molar-refractivity contribution in [1.82, 2.24) is 5.32 Å². The summed E-state index contributed by atoms with van der Waals surface area (Å²) in [6.45, 7) is 1.94. The summed E-state index contributed by atoms with van der Waals surface area (Å²) in [5.74, 6) is -0.517. The van der Waals surface area contributed by atoms with Crippen LogP contribution in [0.2, 0.25) is 5.02 Å². The lowest BCUT2D eigenvalue weighted by molar-refractivity contribution is -0.116. The van der Waals surface area contributed by atoms with E-state index in [1.807, 2.05) is 31.2 Å². The predicted molar refractivity (Wildman–Crippen MR) is 170 cm³/mol. The number of nitrogens with one attached hydrogen (secondary N) is 3. The maximum Gasteiger partial charge on any atom is 0.272 e. The number of hydrogen-bond acceptors (Lipinski definition) is 5. The average molecular weight is 600 g/mol. The Morgan fingerprint density at radius 1 is 0.857 bits per heavy atom. The molecule has 0 aliphatic rings. The molecule has 0 radical (unpaired) electrons. The monoisotopic (exact) mass is 599 g/mol. The van der Waals surface area contributed by atoms with Crippen molar-refractivity contribution in [3.05, 3.63) is 125 Å². The Hall–Kier alpha value is -4.53. The second kappa shape index (κ2) is 14.9. The summed E-state index contributed by atoms with van der Waals surface area (Å²) in [7, 11) is 1.54. The number of methoxy groups -OCH3 is 1. The third kappa shape index (κ3) is 8.49. The standard InChI is InChI=1S/C33H30ClN3O4S/c1-3-30(33(40)35-25-18-16-24(34)17-19-25)42-27-14-9-13-26(21-27)36-32(39)28(20-23-12-7-8-15-29(23)41-2)37-31(38)22-10-5-4-6-11-22/h4-21,30H,3H2,1-2H3,(H,35,40)(H,36,39)(H,37,38)/b28-20+. The van der Waals surface area contributed by atoms with E-state index in [1.54, 1.807) is 84.9 Å². The number of anilines is 2. The number of para-hydroxylation sites is 1. The van der Waals surface area contributed by atoms with Gasteiger partial charge in [0.15, 0.2) is 0 Å². The van der Waals surface area contributed by atoms with E-state index in [2.05, 4.69) is 16.0 Å². The number of carbonyl (C=O) groups is 3. The van der Waals surface area contributed by atoms with Gasteiger partial charge >= 0.3 is 0 Å².